The number of nitrogen functional groups attached to an aromatic ring is 1. The second-order valence-corrected chi connectivity index (χ2v) is 5.39. The molecule has 1 aromatic heterocycles. The molecular weight excluding hydrogens is 336 g/mol. The highest BCUT2D eigenvalue weighted by molar-refractivity contribution is 7.98. The number of carbonyl (C=O) groups is 2. The highest BCUT2D eigenvalue weighted by Crippen LogP contribution is 2.26. The summed E-state index contributed by atoms with van der Waals surface area (Å²) in [7, 11) is 0. The minimum atomic E-state index is -1.16. The van der Waals surface area contributed by atoms with Crippen LogP contribution in [-0.4, -0.2) is 39.7 Å². The summed E-state index contributed by atoms with van der Waals surface area (Å²) in [5.74, 6) is -1.46. The van der Waals surface area contributed by atoms with Gasteiger partial charge in [-0.15, -0.1) is 11.8 Å². The van der Waals surface area contributed by atoms with Crippen LogP contribution in [0.5, 0.6) is 0 Å². The first-order valence-electron chi connectivity index (χ1n) is 6.88. The number of benzene rings is 1. The van der Waals surface area contributed by atoms with E-state index in [0.717, 1.165) is 16.4 Å². The van der Waals surface area contributed by atoms with Crippen molar-refractivity contribution in [2.75, 3.05) is 18.6 Å². The molecule has 1 heterocycles. The van der Waals surface area contributed by atoms with E-state index in [-0.39, 0.29) is 34.3 Å². The summed E-state index contributed by atoms with van der Waals surface area (Å²) in [4.78, 5) is 24.6. The third-order valence-electron chi connectivity index (χ3n) is 3.11. The summed E-state index contributed by atoms with van der Waals surface area (Å²) < 4.78 is 5.80. The minimum Gasteiger partial charge on any atom is -0.595 e. The van der Waals surface area contributed by atoms with Crippen LogP contribution < -0.4 is 11.0 Å². The Hall–Kier alpha value is -2.40. The van der Waals surface area contributed by atoms with Gasteiger partial charge in [0.05, 0.1) is 6.61 Å². The number of hydrogen-bond donors (Lipinski definition) is 3. The number of thioether (sulfide) groups is 1. The maximum Gasteiger partial charge on any atom is 0.344 e. The molecule has 0 saturated heterocycles. The van der Waals surface area contributed by atoms with Crippen LogP contribution in [0.4, 0.5) is 11.5 Å². The van der Waals surface area contributed by atoms with Gasteiger partial charge in [-0.25, -0.2) is 10.0 Å². The first-order valence-corrected chi connectivity index (χ1v) is 8.10. The Morgan fingerprint density at radius 1 is 1.50 bits per heavy atom. The monoisotopic (exact) mass is 352 g/mol. The molecule has 10 heteroatoms. The molecule has 1 aromatic carbocycles. The fourth-order valence-corrected chi connectivity index (χ4v) is 2.57. The number of aromatic nitrogens is 2. The Bertz CT molecular complexity index is 775. The zero-order valence-electron chi connectivity index (χ0n) is 13.0. The van der Waals surface area contributed by atoms with E-state index in [4.69, 9.17) is 15.7 Å². The van der Waals surface area contributed by atoms with E-state index < -0.39 is 17.1 Å². The Morgan fingerprint density at radius 3 is 2.79 bits per heavy atom. The van der Waals surface area contributed by atoms with Crippen molar-refractivity contribution in [2.45, 2.75) is 11.9 Å². The summed E-state index contributed by atoms with van der Waals surface area (Å²) >= 11 is 1.15. The number of hydrogen-bond acceptors (Lipinski definition) is 8. The quantitative estimate of drug-likeness (QED) is 0.401. The first kappa shape index (κ1) is 17.9. The van der Waals surface area contributed by atoms with Crippen LogP contribution in [0.2, 0.25) is 0 Å². The van der Waals surface area contributed by atoms with E-state index in [1.807, 2.05) is 0 Å². The summed E-state index contributed by atoms with van der Waals surface area (Å²) in [6.07, 6.45) is 1.68. The third-order valence-corrected chi connectivity index (χ3v) is 3.78. The number of anilines is 1. The molecule has 9 nitrogen and oxygen atoms in total. The van der Waals surface area contributed by atoms with Crippen molar-refractivity contribution < 1.29 is 24.8 Å². The highest BCUT2D eigenvalue weighted by atomic mass is 32.2. The van der Waals surface area contributed by atoms with E-state index in [9.17, 15) is 14.8 Å². The normalized spacial score (nSPS) is 12.0. The lowest BCUT2D eigenvalue weighted by molar-refractivity contribution is -0.991. The van der Waals surface area contributed by atoms with Crippen LogP contribution in [0, 0.1) is 5.21 Å². The molecule has 0 aliphatic rings. The zero-order valence-corrected chi connectivity index (χ0v) is 13.8. The highest BCUT2D eigenvalue weighted by Gasteiger charge is 2.26. The molecule has 1 unspecified atom stereocenters. The van der Waals surface area contributed by atoms with Crippen molar-refractivity contribution in [2.24, 2.45) is 0 Å². The van der Waals surface area contributed by atoms with Gasteiger partial charge < -0.3 is 15.7 Å². The molecule has 1 atom stereocenters. The fourth-order valence-electron chi connectivity index (χ4n) is 2.01. The maximum absolute atomic E-state index is 12.6. The summed E-state index contributed by atoms with van der Waals surface area (Å²) in [5, 5.41) is 23.2. The predicted molar refractivity (Wildman–Crippen MR) is 86.3 cm³/mol. The lowest BCUT2D eigenvalue weighted by Gasteiger charge is -2.12. The van der Waals surface area contributed by atoms with Gasteiger partial charge in [-0.05, 0) is 19.2 Å². The predicted octanol–water partition coefficient (Wildman–Crippen LogP) is 0.456. The van der Waals surface area contributed by atoms with E-state index in [1.165, 1.54) is 24.3 Å². The Kier molecular flexibility index (Phi) is 5.57. The molecule has 0 fully saturated rings. The third kappa shape index (κ3) is 3.41. The average Bonchev–Trinajstić information content (AvgIpc) is 2.91. The van der Waals surface area contributed by atoms with Crippen LogP contribution in [-0.2, 0) is 4.74 Å². The van der Waals surface area contributed by atoms with Crippen molar-refractivity contribution in [1.29, 1.82) is 0 Å². The van der Waals surface area contributed by atoms with Gasteiger partial charge in [0.2, 0.25) is 0 Å². The van der Waals surface area contributed by atoms with Gasteiger partial charge in [-0.2, -0.15) is 15.0 Å². The molecule has 24 heavy (non-hydrogen) atoms. The molecule has 0 bridgehead atoms. The van der Waals surface area contributed by atoms with Crippen molar-refractivity contribution in [3.05, 3.63) is 40.6 Å². The molecule has 0 aliphatic carbocycles. The van der Waals surface area contributed by atoms with Gasteiger partial charge in [-0.3, -0.25) is 4.79 Å². The van der Waals surface area contributed by atoms with Crippen LogP contribution >= 0.6 is 11.8 Å². The number of rotatable bonds is 5. The number of quaternary nitrogens is 1. The summed E-state index contributed by atoms with van der Waals surface area (Å²) in [5.41, 5.74) is 5.97. The van der Waals surface area contributed by atoms with E-state index in [1.54, 1.807) is 13.2 Å². The Balaban J connectivity index is 2.47. The molecule has 0 spiro atoms. The van der Waals surface area contributed by atoms with Gasteiger partial charge in [0.15, 0.2) is 5.69 Å². The zero-order chi connectivity index (χ0) is 17.9. The van der Waals surface area contributed by atoms with Crippen LogP contribution in [0.3, 0.4) is 0 Å². The van der Waals surface area contributed by atoms with Crippen molar-refractivity contribution >= 4 is 35.1 Å². The molecule has 0 radical (unpaired) electrons. The van der Waals surface area contributed by atoms with Crippen LogP contribution in [0.1, 0.15) is 27.6 Å². The molecule has 2 aromatic rings. The van der Waals surface area contributed by atoms with Crippen molar-refractivity contribution in [1.82, 2.24) is 9.78 Å². The molecule has 2 rings (SSSR count). The van der Waals surface area contributed by atoms with Gasteiger partial charge >= 0.3 is 5.97 Å². The summed E-state index contributed by atoms with van der Waals surface area (Å²) in [6.45, 7) is 1.81. The van der Waals surface area contributed by atoms with Crippen molar-refractivity contribution in [3.8, 4) is 0 Å². The Labute approximate surface area is 141 Å². The maximum atomic E-state index is 12.6. The molecule has 0 aliphatic heterocycles. The number of carbonyl (C=O) groups excluding carboxylic acids is 2. The lowest BCUT2D eigenvalue weighted by atomic mass is 10.2. The average molecular weight is 352 g/mol. The molecule has 0 amide bonds. The van der Waals surface area contributed by atoms with Crippen LogP contribution in [0.25, 0.3) is 0 Å². The Morgan fingerprint density at radius 2 is 2.21 bits per heavy atom. The second kappa shape index (κ2) is 7.45. The number of nitrogens with two attached hydrogens (primary N) is 1. The summed E-state index contributed by atoms with van der Waals surface area (Å²) in [6, 6.07) is 5.47. The van der Waals surface area contributed by atoms with Gasteiger partial charge in [-0.1, -0.05) is 6.07 Å². The fraction of sp³-hybridized carbons (Fsp3) is 0.214. The van der Waals surface area contributed by atoms with Crippen molar-refractivity contribution in [3.63, 3.8) is 0 Å². The molecule has 128 valence electrons. The first-order chi connectivity index (χ1) is 11.4. The smallest absolute Gasteiger partial charge is 0.344 e. The lowest BCUT2D eigenvalue weighted by Crippen LogP contribution is -2.99. The standard InChI is InChI=1S/C14H16N4O5S/c1-3-23-14(20)10-11(15)17(16-12(10)24-2)13(19)8-5-4-6-9(7-8)18(21)22/h4-7,18,21H,3,15H2,1-2H3. The van der Waals surface area contributed by atoms with E-state index in [0.29, 0.717) is 0 Å². The van der Waals surface area contributed by atoms with E-state index >= 15 is 0 Å². The number of esters is 1. The van der Waals surface area contributed by atoms with Gasteiger partial charge in [0.25, 0.3) is 5.91 Å². The number of nitrogens with one attached hydrogen (secondary N) is 1. The number of ether oxygens (including phenoxy) is 1. The van der Waals surface area contributed by atoms with Gasteiger partial charge in [0, 0.05) is 17.7 Å². The molecule has 0 saturated carbocycles. The SMILES string of the molecule is CCOC(=O)c1c(SC)nn(C(=O)c2cccc([NH+]([O-])O)c2)c1N. The van der Waals surface area contributed by atoms with Gasteiger partial charge in [0.1, 0.15) is 16.4 Å². The topological polar surface area (TPSA) is 135 Å². The second-order valence-electron chi connectivity index (χ2n) is 4.59. The largest absolute Gasteiger partial charge is 0.595 e. The number of nitrogens with zero attached hydrogens (tertiary/aromatic N) is 2. The molecule has 4 N–H and O–H groups in total. The molecular formula is C14H16N4O5S. The van der Waals surface area contributed by atoms with Crippen LogP contribution in [0.15, 0.2) is 29.3 Å². The minimum absolute atomic E-state index is 0.0205. The van der Waals surface area contributed by atoms with E-state index in [2.05, 4.69) is 5.10 Å².